The van der Waals surface area contributed by atoms with E-state index in [0.29, 0.717) is 0 Å². The molecule has 1 aliphatic carbocycles. The number of aliphatic hydroxyl groups is 4. The van der Waals surface area contributed by atoms with Crippen molar-refractivity contribution >= 4 is 0 Å². The molecule has 0 amide bonds. The Morgan fingerprint density at radius 3 is 2.21 bits per heavy atom. The predicted octanol–water partition coefficient (Wildman–Crippen LogP) is -0.891. The second-order valence-electron chi connectivity index (χ2n) is 4.10. The minimum Gasteiger partial charge on any atom is -0.389 e. The van der Waals surface area contributed by atoms with Gasteiger partial charge < -0.3 is 20.4 Å². The van der Waals surface area contributed by atoms with Gasteiger partial charge in [0.15, 0.2) is 5.60 Å². The third-order valence-electron chi connectivity index (χ3n) is 2.94. The number of aliphatic hydroxyl groups excluding tert-OH is 1. The van der Waals surface area contributed by atoms with E-state index in [9.17, 15) is 20.4 Å². The van der Waals surface area contributed by atoms with Crippen molar-refractivity contribution in [2.75, 3.05) is 6.54 Å². The molecular weight excluding hydrogens is 190 g/mol. The molecule has 4 N–H and O–H groups in total. The minimum atomic E-state index is -2.61. The molecule has 1 rings (SSSR count). The molecule has 0 aromatic rings. The van der Waals surface area contributed by atoms with Crippen molar-refractivity contribution in [2.24, 2.45) is 10.5 Å². The Morgan fingerprint density at radius 2 is 1.93 bits per heavy atom. The van der Waals surface area contributed by atoms with Crippen molar-refractivity contribution < 1.29 is 20.4 Å². The molecule has 1 unspecified atom stereocenters. The van der Waals surface area contributed by atoms with E-state index < -0.39 is 29.5 Å². The zero-order valence-corrected chi connectivity index (χ0v) is 7.91. The third-order valence-corrected chi connectivity index (χ3v) is 2.94. The first-order chi connectivity index (χ1) is 6.22. The van der Waals surface area contributed by atoms with E-state index in [4.69, 9.17) is 5.53 Å². The summed E-state index contributed by atoms with van der Waals surface area (Å²) in [6.45, 7) is 2.25. The van der Waals surface area contributed by atoms with Crippen LogP contribution in [0.4, 0.5) is 0 Å². The van der Waals surface area contributed by atoms with Gasteiger partial charge in [0.2, 0.25) is 5.79 Å². The summed E-state index contributed by atoms with van der Waals surface area (Å²) in [5.41, 5.74) is 4.93. The molecule has 2 atom stereocenters. The molecule has 14 heavy (non-hydrogen) atoms. The number of rotatable bonds is 3. The Kier molecular flexibility index (Phi) is 2.26. The Labute approximate surface area is 80.2 Å². The van der Waals surface area contributed by atoms with Gasteiger partial charge in [0.25, 0.3) is 0 Å². The molecule has 0 radical (unpaired) electrons. The fraction of sp³-hybridized carbons (Fsp3) is 1.00. The standard InChI is InChI=1S/C7H13N3O4/c1-5(2)4(11)7(5,14)6(12,13)3-9-10-8/h4,11-14H,3H2,1-2H3/t4?,7-/m1/s1. The van der Waals surface area contributed by atoms with Crippen LogP contribution in [0.25, 0.3) is 10.4 Å². The normalized spacial score (nSPS) is 34.9. The lowest BCUT2D eigenvalue weighted by molar-refractivity contribution is -0.246. The van der Waals surface area contributed by atoms with Gasteiger partial charge in [-0.2, -0.15) is 0 Å². The SMILES string of the molecule is CC1(C)C(O)[C@]1(O)C(O)(O)CN=[N+]=[N-]. The average molecular weight is 203 g/mol. The van der Waals surface area contributed by atoms with Crippen LogP contribution in [-0.4, -0.2) is 44.5 Å². The highest BCUT2D eigenvalue weighted by atomic mass is 16.5. The largest absolute Gasteiger partial charge is 0.389 e. The van der Waals surface area contributed by atoms with Crippen LogP contribution in [0.2, 0.25) is 0 Å². The summed E-state index contributed by atoms with van der Waals surface area (Å²) in [6.07, 6.45) is -1.25. The van der Waals surface area contributed by atoms with E-state index in [1.165, 1.54) is 13.8 Å². The summed E-state index contributed by atoms with van der Waals surface area (Å²) in [7, 11) is 0. The van der Waals surface area contributed by atoms with Crippen molar-refractivity contribution in [3.05, 3.63) is 10.4 Å². The number of azide groups is 1. The van der Waals surface area contributed by atoms with Gasteiger partial charge in [0.05, 0.1) is 12.6 Å². The molecular formula is C7H13N3O4. The monoisotopic (exact) mass is 203 g/mol. The Bertz CT molecular complexity index is 297. The van der Waals surface area contributed by atoms with Gasteiger partial charge in [-0.3, -0.25) is 0 Å². The van der Waals surface area contributed by atoms with Crippen molar-refractivity contribution in [2.45, 2.75) is 31.3 Å². The summed E-state index contributed by atoms with van der Waals surface area (Å²) < 4.78 is 0. The van der Waals surface area contributed by atoms with Crippen molar-refractivity contribution in [3.63, 3.8) is 0 Å². The maximum absolute atomic E-state index is 9.75. The maximum atomic E-state index is 9.75. The zero-order valence-electron chi connectivity index (χ0n) is 7.91. The third kappa shape index (κ3) is 1.11. The number of nitrogens with zero attached hydrogens (tertiary/aromatic N) is 3. The summed E-state index contributed by atoms with van der Waals surface area (Å²) in [4.78, 5) is 2.35. The average Bonchev–Trinajstić information content (AvgIpc) is 2.48. The Hall–Kier alpha value is -0.850. The molecule has 80 valence electrons. The lowest BCUT2D eigenvalue weighted by atomic mass is 9.99. The Balaban J connectivity index is 2.89. The van der Waals surface area contributed by atoms with Crippen molar-refractivity contribution in [1.82, 2.24) is 0 Å². The Morgan fingerprint density at radius 1 is 1.50 bits per heavy atom. The fourth-order valence-corrected chi connectivity index (χ4v) is 1.70. The first kappa shape index (κ1) is 11.2. The van der Waals surface area contributed by atoms with Crippen LogP contribution in [0, 0.1) is 5.41 Å². The van der Waals surface area contributed by atoms with Crippen LogP contribution in [0.5, 0.6) is 0 Å². The second-order valence-corrected chi connectivity index (χ2v) is 4.10. The first-order valence-electron chi connectivity index (χ1n) is 4.08. The van der Waals surface area contributed by atoms with Crippen LogP contribution in [-0.2, 0) is 0 Å². The summed E-state index contributed by atoms with van der Waals surface area (Å²) in [6, 6.07) is 0. The van der Waals surface area contributed by atoms with E-state index in [-0.39, 0.29) is 0 Å². The van der Waals surface area contributed by atoms with Gasteiger partial charge in [0.1, 0.15) is 0 Å². The van der Waals surface area contributed by atoms with Gasteiger partial charge in [-0.15, -0.1) is 0 Å². The zero-order chi connectivity index (χ0) is 11.2. The van der Waals surface area contributed by atoms with Crippen LogP contribution < -0.4 is 0 Å². The smallest absolute Gasteiger partial charge is 0.201 e. The fourth-order valence-electron chi connectivity index (χ4n) is 1.70. The van der Waals surface area contributed by atoms with Crippen LogP contribution in [0.3, 0.4) is 0 Å². The molecule has 1 fully saturated rings. The van der Waals surface area contributed by atoms with Gasteiger partial charge in [-0.1, -0.05) is 19.0 Å². The molecule has 0 heterocycles. The molecule has 0 spiro atoms. The summed E-state index contributed by atoms with van der Waals surface area (Å²) in [5, 5.41) is 40.9. The van der Waals surface area contributed by atoms with E-state index in [1.54, 1.807) is 0 Å². The van der Waals surface area contributed by atoms with Gasteiger partial charge in [-0.25, -0.2) is 0 Å². The molecule has 0 aromatic carbocycles. The molecule has 0 bridgehead atoms. The molecule has 1 saturated carbocycles. The predicted molar refractivity (Wildman–Crippen MR) is 45.9 cm³/mol. The lowest BCUT2D eigenvalue weighted by Gasteiger charge is -2.28. The van der Waals surface area contributed by atoms with Crippen LogP contribution >= 0.6 is 0 Å². The molecule has 7 nitrogen and oxygen atoms in total. The second kappa shape index (κ2) is 2.82. The highest BCUT2D eigenvalue weighted by Gasteiger charge is 2.79. The first-order valence-corrected chi connectivity index (χ1v) is 4.08. The van der Waals surface area contributed by atoms with Crippen molar-refractivity contribution in [3.8, 4) is 0 Å². The van der Waals surface area contributed by atoms with Gasteiger partial charge >= 0.3 is 0 Å². The van der Waals surface area contributed by atoms with E-state index in [1.807, 2.05) is 0 Å². The van der Waals surface area contributed by atoms with Crippen LogP contribution in [0.1, 0.15) is 13.8 Å². The molecule has 0 saturated heterocycles. The molecule has 0 aromatic heterocycles. The van der Waals surface area contributed by atoms with E-state index >= 15 is 0 Å². The molecule has 7 heteroatoms. The maximum Gasteiger partial charge on any atom is 0.201 e. The summed E-state index contributed by atoms with van der Waals surface area (Å²) in [5.74, 6) is -2.61. The van der Waals surface area contributed by atoms with Gasteiger partial charge in [-0.05, 0) is 5.53 Å². The number of hydrogen-bond donors (Lipinski definition) is 4. The minimum absolute atomic E-state index is 0.708. The van der Waals surface area contributed by atoms with E-state index in [2.05, 4.69) is 10.0 Å². The van der Waals surface area contributed by atoms with Crippen molar-refractivity contribution in [1.29, 1.82) is 0 Å². The molecule has 1 aliphatic rings. The quantitative estimate of drug-likeness (QED) is 0.205. The summed E-state index contributed by atoms with van der Waals surface area (Å²) >= 11 is 0. The molecule has 0 aliphatic heterocycles. The van der Waals surface area contributed by atoms with Crippen LogP contribution in [0.15, 0.2) is 5.11 Å². The highest BCUT2D eigenvalue weighted by molar-refractivity contribution is 5.26. The topological polar surface area (TPSA) is 130 Å². The van der Waals surface area contributed by atoms with E-state index in [0.717, 1.165) is 0 Å². The van der Waals surface area contributed by atoms with Gasteiger partial charge in [0, 0.05) is 10.3 Å². The highest BCUT2D eigenvalue weighted by Crippen LogP contribution is 2.60. The lowest BCUT2D eigenvalue weighted by Crippen LogP contribution is -2.51. The number of hydrogen-bond acceptors (Lipinski definition) is 5.